The van der Waals surface area contributed by atoms with Gasteiger partial charge in [0.15, 0.2) is 0 Å². The van der Waals surface area contributed by atoms with Gasteiger partial charge in [0.05, 0.1) is 11.8 Å². The van der Waals surface area contributed by atoms with E-state index in [0.29, 0.717) is 11.7 Å². The zero-order chi connectivity index (χ0) is 13.8. The molecule has 1 aromatic carbocycles. The molecule has 1 unspecified atom stereocenters. The van der Waals surface area contributed by atoms with E-state index >= 15 is 0 Å². The lowest BCUT2D eigenvalue weighted by Gasteiger charge is -2.31. The first-order chi connectivity index (χ1) is 9.04. The lowest BCUT2D eigenvalue weighted by Crippen LogP contribution is -2.39. The van der Waals surface area contributed by atoms with E-state index in [1.165, 1.54) is 19.4 Å². The van der Waals surface area contributed by atoms with Gasteiger partial charge >= 0.3 is 0 Å². The van der Waals surface area contributed by atoms with Crippen LogP contribution in [0.15, 0.2) is 18.2 Å². The standard InChI is InChI=1S/C15H25N3O/c1-11(2)19-15-9-12(6-7-14(15)16)17-13-5-4-8-18(3)10-13/h6-7,9,11,13,17H,4-5,8,10,16H2,1-3H3. The summed E-state index contributed by atoms with van der Waals surface area (Å²) in [6.45, 7) is 6.30. The fourth-order valence-electron chi connectivity index (χ4n) is 2.50. The lowest BCUT2D eigenvalue weighted by atomic mass is 10.1. The molecule has 4 nitrogen and oxygen atoms in total. The molecule has 0 spiro atoms. The van der Waals surface area contributed by atoms with E-state index < -0.39 is 0 Å². The maximum atomic E-state index is 5.93. The van der Waals surface area contributed by atoms with E-state index in [9.17, 15) is 0 Å². The number of likely N-dealkylation sites (tertiary alicyclic amines) is 1. The summed E-state index contributed by atoms with van der Waals surface area (Å²) in [5.41, 5.74) is 7.71. The Labute approximate surface area is 115 Å². The molecule has 1 fully saturated rings. The van der Waals surface area contributed by atoms with Crippen molar-refractivity contribution in [2.45, 2.75) is 38.8 Å². The van der Waals surface area contributed by atoms with Crippen LogP contribution in [0.5, 0.6) is 5.75 Å². The van der Waals surface area contributed by atoms with Crippen LogP contribution < -0.4 is 15.8 Å². The number of nitrogens with two attached hydrogens (primary N) is 1. The number of ether oxygens (including phenoxy) is 1. The van der Waals surface area contributed by atoms with E-state index in [4.69, 9.17) is 10.5 Å². The van der Waals surface area contributed by atoms with Crippen LogP contribution >= 0.6 is 0 Å². The highest BCUT2D eigenvalue weighted by molar-refractivity contribution is 5.61. The minimum atomic E-state index is 0.137. The van der Waals surface area contributed by atoms with Crippen molar-refractivity contribution in [3.8, 4) is 5.75 Å². The van der Waals surface area contributed by atoms with Gasteiger partial charge in [-0.1, -0.05) is 0 Å². The summed E-state index contributed by atoms with van der Waals surface area (Å²) in [7, 11) is 2.17. The number of nitrogens with one attached hydrogen (secondary N) is 1. The van der Waals surface area contributed by atoms with Crippen LogP contribution in [0.2, 0.25) is 0 Å². The second-order valence-corrected chi connectivity index (χ2v) is 5.66. The Balaban J connectivity index is 2.03. The smallest absolute Gasteiger partial charge is 0.144 e. The third kappa shape index (κ3) is 4.03. The Hall–Kier alpha value is -1.42. The Kier molecular flexibility index (Phi) is 4.53. The summed E-state index contributed by atoms with van der Waals surface area (Å²) < 4.78 is 5.72. The number of nitrogen functional groups attached to an aromatic ring is 1. The van der Waals surface area contributed by atoms with Gasteiger partial charge in [0.1, 0.15) is 5.75 Å². The molecule has 2 rings (SSSR count). The highest BCUT2D eigenvalue weighted by Crippen LogP contribution is 2.27. The third-order valence-corrected chi connectivity index (χ3v) is 3.37. The van der Waals surface area contributed by atoms with Crippen LogP contribution in [-0.4, -0.2) is 37.2 Å². The number of benzene rings is 1. The normalized spacial score (nSPS) is 20.5. The van der Waals surface area contributed by atoms with Gasteiger partial charge in [-0.15, -0.1) is 0 Å². The number of piperidine rings is 1. The van der Waals surface area contributed by atoms with Crippen molar-refractivity contribution in [1.29, 1.82) is 0 Å². The molecule has 1 aliphatic heterocycles. The molecule has 1 heterocycles. The van der Waals surface area contributed by atoms with Gasteiger partial charge in [0, 0.05) is 24.3 Å². The molecule has 1 aromatic rings. The van der Waals surface area contributed by atoms with Crippen LogP contribution in [0.25, 0.3) is 0 Å². The highest BCUT2D eigenvalue weighted by Gasteiger charge is 2.17. The molecule has 3 N–H and O–H groups in total. The molecule has 0 aromatic heterocycles. The molecule has 19 heavy (non-hydrogen) atoms. The van der Waals surface area contributed by atoms with Crippen molar-refractivity contribution in [3.63, 3.8) is 0 Å². The minimum Gasteiger partial charge on any atom is -0.489 e. The van der Waals surface area contributed by atoms with Crippen LogP contribution in [-0.2, 0) is 0 Å². The minimum absolute atomic E-state index is 0.137. The molecule has 0 radical (unpaired) electrons. The molecule has 0 bridgehead atoms. The summed E-state index contributed by atoms with van der Waals surface area (Å²) in [4.78, 5) is 2.37. The van der Waals surface area contributed by atoms with E-state index in [2.05, 4.69) is 17.3 Å². The summed E-state index contributed by atoms with van der Waals surface area (Å²) in [6, 6.07) is 6.45. The van der Waals surface area contributed by atoms with Crippen molar-refractivity contribution in [2.75, 3.05) is 31.2 Å². The Morgan fingerprint density at radius 1 is 1.42 bits per heavy atom. The monoisotopic (exact) mass is 263 g/mol. The Morgan fingerprint density at radius 2 is 2.21 bits per heavy atom. The topological polar surface area (TPSA) is 50.5 Å². The van der Waals surface area contributed by atoms with Gasteiger partial charge in [-0.25, -0.2) is 0 Å². The van der Waals surface area contributed by atoms with Crippen LogP contribution in [0, 0.1) is 0 Å². The quantitative estimate of drug-likeness (QED) is 0.820. The molecule has 0 amide bonds. The van der Waals surface area contributed by atoms with Gasteiger partial charge in [0.25, 0.3) is 0 Å². The predicted molar refractivity (Wildman–Crippen MR) is 80.8 cm³/mol. The highest BCUT2D eigenvalue weighted by atomic mass is 16.5. The van der Waals surface area contributed by atoms with Crippen LogP contribution in [0.1, 0.15) is 26.7 Å². The van der Waals surface area contributed by atoms with E-state index in [-0.39, 0.29) is 6.10 Å². The van der Waals surface area contributed by atoms with Gasteiger partial charge in [-0.3, -0.25) is 0 Å². The maximum Gasteiger partial charge on any atom is 0.144 e. The summed E-state index contributed by atoms with van der Waals surface area (Å²) >= 11 is 0. The molecule has 1 atom stereocenters. The summed E-state index contributed by atoms with van der Waals surface area (Å²) in [5, 5.41) is 3.57. The first-order valence-corrected chi connectivity index (χ1v) is 7.06. The number of hydrogen-bond donors (Lipinski definition) is 2. The van der Waals surface area contributed by atoms with E-state index in [1.54, 1.807) is 0 Å². The first-order valence-electron chi connectivity index (χ1n) is 7.06. The van der Waals surface area contributed by atoms with Crippen molar-refractivity contribution in [3.05, 3.63) is 18.2 Å². The fraction of sp³-hybridized carbons (Fsp3) is 0.600. The molecular weight excluding hydrogens is 238 g/mol. The molecule has 0 saturated carbocycles. The number of rotatable bonds is 4. The van der Waals surface area contributed by atoms with Crippen LogP contribution in [0.4, 0.5) is 11.4 Å². The van der Waals surface area contributed by atoms with E-state index in [0.717, 1.165) is 18.0 Å². The van der Waals surface area contributed by atoms with Crippen LogP contribution in [0.3, 0.4) is 0 Å². The number of anilines is 2. The summed E-state index contributed by atoms with van der Waals surface area (Å²) in [6.07, 6.45) is 2.60. The van der Waals surface area contributed by atoms with Crippen molar-refractivity contribution in [2.24, 2.45) is 0 Å². The largest absolute Gasteiger partial charge is 0.489 e. The third-order valence-electron chi connectivity index (χ3n) is 3.37. The fourth-order valence-corrected chi connectivity index (χ4v) is 2.50. The molecule has 1 saturated heterocycles. The Bertz CT molecular complexity index is 420. The molecular formula is C15H25N3O. The number of likely N-dealkylation sites (N-methyl/N-ethyl adjacent to an activating group) is 1. The average Bonchev–Trinajstić information content (AvgIpc) is 2.33. The number of nitrogens with zero attached hydrogens (tertiary/aromatic N) is 1. The van der Waals surface area contributed by atoms with Gasteiger partial charge < -0.3 is 20.7 Å². The maximum absolute atomic E-state index is 5.93. The summed E-state index contributed by atoms with van der Waals surface area (Å²) in [5.74, 6) is 0.768. The number of hydrogen-bond acceptors (Lipinski definition) is 4. The average molecular weight is 263 g/mol. The molecule has 0 aliphatic carbocycles. The predicted octanol–water partition coefficient (Wildman–Crippen LogP) is 2.56. The van der Waals surface area contributed by atoms with Gasteiger partial charge in [-0.05, 0) is 52.4 Å². The molecule has 106 valence electrons. The van der Waals surface area contributed by atoms with Gasteiger partial charge in [0.2, 0.25) is 0 Å². The zero-order valence-corrected chi connectivity index (χ0v) is 12.1. The lowest BCUT2D eigenvalue weighted by molar-refractivity contribution is 0.244. The van der Waals surface area contributed by atoms with Crippen molar-refractivity contribution in [1.82, 2.24) is 4.90 Å². The second kappa shape index (κ2) is 6.15. The molecule has 4 heteroatoms. The van der Waals surface area contributed by atoms with E-state index in [1.807, 2.05) is 32.0 Å². The SMILES string of the molecule is CC(C)Oc1cc(NC2CCCN(C)C2)ccc1N. The molecule has 1 aliphatic rings. The zero-order valence-electron chi connectivity index (χ0n) is 12.1. The first kappa shape index (κ1) is 14.0. The second-order valence-electron chi connectivity index (χ2n) is 5.66. The van der Waals surface area contributed by atoms with Crippen molar-refractivity contribution >= 4 is 11.4 Å². The van der Waals surface area contributed by atoms with Gasteiger partial charge in [-0.2, -0.15) is 0 Å². The Morgan fingerprint density at radius 3 is 2.89 bits per heavy atom. The van der Waals surface area contributed by atoms with Crippen molar-refractivity contribution < 1.29 is 4.74 Å².